The number of ether oxygens (including phenoxy) is 1. The Morgan fingerprint density at radius 2 is 1.90 bits per heavy atom. The zero-order valence-electron chi connectivity index (χ0n) is 12.4. The van der Waals surface area contributed by atoms with Gasteiger partial charge in [0.25, 0.3) is 5.91 Å². The summed E-state index contributed by atoms with van der Waals surface area (Å²) < 4.78 is 5.06. The molecule has 0 radical (unpaired) electrons. The number of benzene rings is 1. The van der Waals surface area contributed by atoms with Crippen LogP contribution in [-0.2, 0) is 9.53 Å². The lowest BCUT2D eigenvalue weighted by molar-refractivity contribution is -0.125. The van der Waals surface area contributed by atoms with Crippen molar-refractivity contribution in [1.82, 2.24) is 5.32 Å². The van der Waals surface area contributed by atoms with Crippen molar-refractivity contribution in [3.8, 4) is 0 Å². The third kappa shape index (κ3) is 5.65. The van der Waals surface area contributed by atoms with Crippen molar-refractivity contribution in [3.05, 3.63) is 29.8 Å². The summed E-state index contributed by atoms with van der Waals surface area (Å²) in [6, 6.07) is 7.24. The molecule has 4 nitrogen and oxygen atoms in total. The number of thioether (sulfide) groups is 1. The van der Waals surface area contributed by atoms with E-state index in [4.69, 9.17) is 4.74 Å². The van der Waals surface area contributed by atoms with Crippen molar-refractivity contribution in [1.29, 1.82) is 0 Å². The number of esters is 1. The number of hydrogen-bond donors (Lipinski definition) is 1. The number of carbonyl (C=O) groups is 2. The first kappa shape index (κ1) is 16.6. The second-order valence-electron chi connectivity index (χ2n) is 5.30. The summed E-state index contributed by atoms with van der Waals surface area (Å²) in [5.41, 5.74) is 0.169. The topological polar surface area (TPSA) is 55.4 Å². The second-order valence-corrected chi connectivity index (χ2v) is 6.61. The van der Waals surface area contributed by atoms with Gasteiger partial charge in [0.2, 0.25) is 0 Å². The molecule has 0 bridgehead atoms. The highest BCUT2D eigenvalue weighted by atomic mass is 32.2. The van der Waals surface area contributed by atoms with Gasteiger partial charge in [-0.2, -0.15) is 0 Å². The molecule has 0 saturated carbocycles. The number of amides is 1. The molecular weight excluding hydrogens is 274 g/mol. The molecule has 0 aliphatic rings. The fourth-order valence-corrected chi connectivity index (χ4v) is 2.37. The molecule has 20 heavy (non-hydrogen) atoms. The van der Waals surface area contributed by atoms with Gasteiger partial charge in [-0.05, 0) is 38.7 Å². The number of hydrogen-bond acceptors (Lipinski definition) is 4. The van der Waals surface area contributed by atoms with E-state index in [0.717, 1.165) is 10.6 Å². The van der Waals surface area contributed by atoms with Crippen LogP contribution in [0.4, 0.5) is 0 Å². The lowest BCUT2D eigenvalue weighted by Gasteiger charge is -2.20. The van der Waals surface area contributed by atoms with E-state index >= 15 is 0 Å². The Kier molecular flexibility index (Phi) is 6.07. The van der Waals surface area contributed by atoms with Crippen molar-refractivity contribution in [3.63, 3.8) is 0 Å². The van der Waals surface area contributed by atoms with Gasteiger partial charge in [0, 0.05) is 10.4 Å². The fraction of sp³-hybridized carbons (Fsp3) is 0.467. The Labute approximate surface area is 124 Å². The normalized spacial score (nSPS) is 11.0. The van der Waals surface area contributed by atoms with Gasteiger partial charge in [-0.25, -0.2) is 4.79 Å². The van der Waals surface area contributed by atoms with E-state index in [9.17, 15) is 9.59 Å². The molecule has 1 aromatic carbocycles. The molecule has 0 atom stereocenters. The molecule has 0 aliphatic carbocycles. The lowest BCUT2D eigenvalue weighted by atomic mass is 10.1. The minimum atomic E-state index is -0.467. The molecule has 0 spiro atoms. The van der Waals surface area contributed by atoms with Gasteiger partial charge in [0.15, 0.2) is 6.61 Å². The zero-order chi connectivity index (χ0) is 15.2. The first-order chi connectivity index (χ1) is 9.33. The molecule has 0 fully saturated rings. The molecule has 5 heteroatoms. The predicted molar refractivity (Wildman–Crippen MR) is 81.0 cm³/mol. The smallest absolute Gasteiger partial charge is 0.339 e. The van der Waals surface area contributed by atoms with E-state index in [1.807, 2.05) is 39.8 Å². The van der Waals surface area contributed by atoms with Crippen molar-refractivity contribution >= 4 is 23.6 Å². The van der Waals surface area contributed by atoms with Crippen LogP contribution in [0, 0.1) is 0 Å². The highest BCUT2D eigenvalue weighted by molar-refractivity contribution is 7.99. The zero-order valence-corrected chi connectivity index (χ0v) is 13.2. The summed E-state index contributed by atoms with van der Waals surface area (Å²) in [5.74, 6) is 0.103. The maximum atomic E-state index is 12.0. The van der Waals surface area contributed by atoms with Crippen LogP contribution in [0.3, 0.4) is 0 Å². The van der Waals surface area contributed by atoms with Crippen molar-refractivity contribution in [2.24, 2.45) is 0 Å². The highest BCUT2D eigenvalue weighted by Gasteiger charge is 2.17. The molecule has 1 rings (SSSR count). The van der Waals surface area contributed by atoms with Crippen LogP contribution in [-0.4, -0.2) is 29.8 Å². The quantitative estimate of drug-likeness (QED) is 0.670. The van der Waals surface area contributed by atoms with Crippen molar-refractivity contribution < 1.29 is 14.3 Å². The molecular formula is C15H21NO3S. The second kappa shape index (κ2) is 7.33. The third-order valence-corrected chi connectivity index (χ3v) is 3.21. The first-order valence-electron chi connectivity index (χ1n) is 6.53. The lowest BCUT2D eigenvalue weighted by Crippen LogP contribution is -2.42. The van der Waals surface area contributed by atoms with E-state index < -0.39 is 5.97 Å². The minimum Gasteiger partial charge on any atom is -0.452 e. The Morgan fingerprint density at radius 3 is 2.50 bits per heavy atom. The summed E-state index contributed by atoms with van der Waals surface area (Å²) in [6.45, 7) is 7.38. The number of rotatable bonds is 5. The first-order valence-corrected chi connectivity index (χ1v) is 7.52. The average Bonchev–Trinajstić information content (AvgIpc) is 2.35. The van der Waals surface area contributed by atoms with E-state index in [1.165, 1.54) is 0 Å². The maximum absolute atomic E-state index is 12.0. The van der Waals surface area contributed by atoms with E-state index in [2.05, 4.69) is 5.32 Å². The van der Waals surface area contributed by atoms with E-state index in [0.29, 0.717) is 5.56 Å². The Hall–Kier alpha value is -1.49. The standard InChI is InChI=1S/C15H21NO3S/c1-5-20-12-9-7-6-8-11(12)14(18)19-10-13(17)16-15(2,3)4/h6-9H,5,10H2,1-4H3,(H,16,17). The fourth-order valence-electron chi connectivity index (χ4n) is 1.58. The van der Waals surface area contributed by atoms with Gasteiger partial charge in [-0.1, -0.05) is 19.1 Å². The van der Waals surface area contributed by atoms with Crippen LogP contribution in [0.25, 0.3) is 0 Å². The average molecular weight is 295 g/mol. The molecule has 0 heterocycles. The summed E-state index contributed by atoms with van der Waals surface area (Å²) in [6.07, 6.45) is 0. The van der Waals surface area contributed by atoms with E-state index in [-0.39, 0.29) is 18.1 Å². The molecule has 0 saturated heterocycles. The predicted octanol–water partition coefficient (Wildman–Crippen LogP) is 2.87. The number of carbonyl (C=O) groups excluding carboxylic acids is 2. The van der Waals surface area contributed by atoms with Crippen LogP contribution >= 0.6 is 11.8 Å². The Balaban J connectivity index is 2.61. The van der Waals surface area contributed by atoms with Gasteiger partial charge < -0.3 is 10.1 Å². The monoisotopic (exact) mass is 295 g/mol. The summed E-state index contributed by atoms with van der Waals surface area (Å²) in [4.78, 5) is 24.5. The van der Waals surface area contributed by atoms with Crippen LogP contribution in [0.5, 0.6) is 0 Å². The third-order valence-electron chi connectivity index (χ3n) is 2.26. The Bertz CT molecular complexity index is 480. The van der Waals surface area contributed by atoms with Crippen LogP contribution in [0.2, 0.25) is 0 Å². The molecule has 0 aliphatic heterocycles. The van der Waals surface area contributed by atoms with E-state index in [1.54, 1.807) is 23.9 Å². The largest absolute Gasteiger partial charge is 0.452 e. The van der Waals surface area contributed by atoms with Crippen molar-refractivity contribution in [2.75, 3.05) is 12.4 Å². The Morgan fingerprint density at radius 1 is 1.25 bits per heavy atom. The minimum absolute atomic E-state index is 0.263. The van der Waals surface area contributed by atoms with Crippen LogP contribution in [0.15, 0.2) is 29.2 Å². The van der Waals surface area contributed by atoms with Gasteiger partial charge in [0.05, 0.1) is 5.56 Å². The SMILES string of the molecule is CCSc1ccccc1C(=O)OCC(=O)NC(C)(C)C. The van der Waals surface area contributed by atoms with Gasteiger partial charge >= 0.3 is 5.97 Å². The van der Waals surface area contributed by atoms with Gasteiger partial charge in [-0.15, -0.1) is 11.8 Å². The molecule has 1 amide bonds. The van der Waals surface area contributed by atoms with Gasteiger partial charge in [0.1, 0.15) is 0 Å². The van der Waals surface area contributed by atoms with Crippen molar-refractivity contribution in [2.45, 2.75) is 38.1 Å². The van der Waals surface area contributed by atoms with Crippen LogP contribution in [0.1, 0.15) is 38.1 Å². The van der Waals surface area contributed by atoms with Crippen LogP contribution < -0.4 is 5.32 Å². The molecule has 1 aromatic rings. The molecule has 0 aromatic heterocycles. The van der Waals surface area contributed by atoms with Gasteiger partial charge in [-0.3, -0.25) is 4.79 Å². The summed E-state index contributed by atoms with van der Waals surface area (Å²) in [5, 5.41) is 2.74. The molecule has 1 N–H and O–H groups in total. The summed E-state index contributed by atoms with van der Waals surface area (Å²) in [7, 11) is 0. The molecule has 0 unspecified atom stereocenters. The molecule has 110 valence electrons. The number of nitrogens with one attached hydrogen (secondary N) is 1. The summed E-state index contributed by atoms with van der Waals surface area (Å²) >= 11 is 1.57. The highest BCUT2D eigenvalue weighted by Crippen LogP contribution is 2.22. The maximum Gasteiger partial charge on any atom is 0.339 e.